The van der Waals surface area contributed by atoms with E-state index in [1.807, 2.05) is 0 Å². The van der Waals surface area contributed by atoms with Gasteiger partial charge in [0.2, 0.25) is 5.91 Å². The van der Waals surface area contributed by atoms with Gasteiger partial charge in [0.1, 0.15) is 0 Å². The molecule has 3 atom stereocenters. The van der Waals surface area contributed by atoms with E-state index < -0.39 is 0 Å². The molecular weight excluding hydrogens is 250 g/mol. The van der Waals surface area contributed by atoms with Crippen molar-refractivity contribution in [1.29, 1.82) is 0 Å². The maximum absolute atomic E-state index is 12.5. The summed E-state index contributed by atoms with van der Waals surface area (Å²) in [4.78, 5) is 15.0. The van der Waals surface area contributed by atoms with Gasteiger partial charge in [-0.2, -0.15) is 0 Å². The van der Waals surface area contributed by atoms with Crippen molar-refractivity contribution in [2.45, 2.75) is 64.1 Å². The summed E-state index contributed by atoms with van der Waals surface area (Å²) in [5, 5.41) is 6.76. The Morgan fingerprint density at radius 3 is 2.65 bits per heavy atom. The number of nitrogens with zero attached hydrogens (tertiary/aromatic N) is 1. The van der Waals surface area contributed by atoms with Gasteiger partial charge >= 0.3 is 0 Å². The van der Waals surface area contributed by atoms with Crippen LogP contribution >= 0.6 is 0 Å². The van der Waals surface area contributed by atoms with Gasteiger partial charge in [0, 0.05) is 25.2 Å². The Labute approximate surface area is 122 Å². The molecule has 2 saturated heterocycles. The van der Waals surface area contributed by atoms with E-state index in [-0.39, 0.29) is 11.9 Å². The molecule has 1 amide bonds. The maximum Gasteiger partial charge on any atom is 0.237 e. The average Bonchev–Trinajstić information content (AvgIpc) is 3.01. The molecule has 1 aliphatic carbocycles. The lowest BCUT2D eigenvalue weighted by atomic mass is 9.93. The maximum atomic E-state index is 12.5. The molecule has 1 saturated carbocycles. The van der Waals surface area contributed by atoms with Gasteiger partial charge in [0.05, 0.1) is 6.04 Å². The highest BCUT2D eigenvalue weighted by Gasteiger charge is 2.42. The predicted octanol–water partition coefficient (Wildman–Crippen LogP) is 1.36. The summed E-state index contributed by atoms with van der Waals surface area (Å²) in [7, 11) is 0. The van der Waals surface area contributed by atoms with Crippen molar-refractivity contribution in [2.24, 2.45) is 11.8 Å². The largest absolute Gasteiger partial charge is 0.352 e. The number of carbonyl (C=O) groups is 1. The molecular formula is C16H29N3O. The molecule has 3 aliphatic rings. The molecule has 4 nitrogen and oxygen atoms in total. The quantitative estimate of drug-likeness (QED) is 0.820. The number of hydrogen-bond acceptors (Lipinski definition) is 3. The van der Waals surface area contributed by atoms with Crippen LogP contribution in [0.2, 0.25) is 0 Å². The molecule has 0 aromatic heterocycles. The highest BCUT2D eigenvalue weighted by atomic mass is 16.2. The molecule has 0 radical (unpaired) electrons. The number of likely N-dealkylation sites (tertiary alicyclic amines) is 1. The molecule has 3 fully saturated rings. The Balaban J connectivity index is 1.48. The molecule has 20 heavy (non-hydrogen) atoms. The highest BCUT2D eigenvalue weighted by molar-refractivity contribution is 5.82. The van der Waals surface area contributed by atoms with Crippen LogP contribution in [0, 0.1) is 11.8 Å². The van der Waals surface area contributed by atoms with Gasteiger partial charge in [-0.15, -0.1) is 0 Å². The van der Waals surface area contributed by atoms with Crippen LogP contribution in [0.15, 0.2) is 0 Å². The van der Waals surface area contributed by atoms with Gasteiger partial charge in [0.15, 0.2) is 0 Å². The number of piperidine rings is 1. The molecule has 2 aliphatic heterocycles. The van der Waals surface area contributed by atoms with Crippen molar-refractivity contribution in [2.75, 3.05) is 19.6 Å². The van der Waals surface area contributed by atoms with Gasteiger partial charge < -0.3 is 15.5 Å². The molecule has 3 rings (SSSR count). The third-order valence-electron chi connectivity index (χ3n) is 5.63. The zero-order valence-corrected chi connectivity index (χ0v) is 12.9. The van der Waals surface area contributed by atoms with Gasteiger partial charge in [-0.25, -0.2) is 0 Å². The van der Waals surface area contributed by atoms with Gasteiger partial charge in [-0.05, 0) is 57.9 Å². The minimum Gasteiger partial charge on any atom is -0.352 e. The number of amides is 1. The van der Waals surface area contributed by atoms with Crippen molar-refractivity contribution in [3.63, 3.8) is 0 Å². The Bertz CT molecular complexity index is 350. The van der Waals surface area contributed by atoms with Crippen LogP contribution in [-0.2, 0) is 4.79 Å². The molecule has 2 N–H and O–H groups in total. The van der Waals surface area contributed by atoms with Gasteiger partial charge in [0.25, 0.3) is 0 Å². The molecule has 114 valence electrons. The molecule has 0 aromatic rings. The van der Waals surface area contributed by atoms with Crippen LogP contribution in [0.1, 0.15) is 46.0 Å². The fourth-order valence-electron chi connectivity index (χ4n) is 4.33. The zero-order valence-electron chi connectivity index (χ0n) is 12.9. The number of nitrogens with one attached hydrogen (secondary N) is 2. The van der Waals surface area contributed by atoms with Crippen LogP contribution in [0.25, 0.3) is 0 Å². The van der Waals surface area contributed by atoms with Crippen LogP contribution in [0.3, 0.4) is 0 Å². The standard InChI is InChI=1S/C16H29N3O/c1-11(2)19-8-6-13(7-9-19)18-16(20)15-14-5-3-4-12(14)10-17-15/h11-15,17H,3-10H2,1-2H3,(H,18,20). The third kappa shape index (κ3) is 2.86. The predicted molar refractivity (Wildman–Crippen MR) is 80.5 cm³/mol. The van der Waals surface area contributed by atoms with E-state index in [9.17, 15) is 4.79 Å². The molecule has 4 heteroatoms. The van der Waals surface area contributed by atoms with Gasteiger partial charge in [-0.1, -0.05) is 6.42 Å². The third-order valence-corrected chi connectivity index (χ3v) is 5.63. The van der Waals surface area contributed by atoms with E-state index >= 15 is 0 Å². The van der Waals surface area contributed by atoms with Crippen molar-refractivity contribution in [3.8, 4) is 0 Å². The molecule has 2 heterocycles. The van der Waals surface area contributed by atoms with Crippen LogP contribution < -0.4 is 10.6 Å². The lowest BCUT2D eigenvalue weighted by Gasteiger charge is -2.35. The first kappa shape index (κ1) is 14.3. The molecule has 0 spiro atoms. The fourth-order valence-corrected chi connectivity index (χ4v) is 4.33. The zero-order chi connectivity index (χ0) is 14.1. The average molecular weight is 279 g/mol. The second-order valence-electron chi connectivity index (χ2n) is 7.15. The Kier molecular flexibility index (Phi) is 4.32. The Morgan fingerprint density at radius 1 is 1.20 bits per heavy atom. The van der Waals surface area contributed by atoms with E-state index in [2.05, 4.69) is 29.4 Å². The highest BCUT2D eigenvalue weighted by Crippen LogP contribution is 2.37. The summed E-state index contributed by atoms with van der Waals surface area (Å²) in [6.45, 7) is 7.79. The van der Waals surface area contributed by atoms with Crippen LogP contribution in [0.5, 0.6) is 0 Å². The molecule has 0 aromatic carbocycles. The Hall–Kier alpha value is -0.610. The molecule has 3 unspecified atom stereocenters. The summed E-state index contributed by atoms with van der Waals surface area (Å²) in [6, 6.07) is 1.10. The number of hydrogen-bond donors (Lipinski definition) is 2. The fraction of sp³-hybridized carbons (Fsp3) is 0.938. The minimum atomic E-state index is 0.0885. The number of carbonyl (C=O) groups excluding carboxylic acids is 1. The normalized spacial score (nSPS) is 35.5. The van der Waals surface area contributed by atoms with E-state index in [4.69, 9.17) is 0 Å². The number of rotatable bonds is 3. The summed E-state index contributed by atoms with van der Waals surface area (Å²) < 4.78 is 0. The van der Waals surface area contributed by atoms with Crippen molar-refractivity contribution < 1.29 is 4.79 Å². The van der Waals surface area contributed by atoms with Crippen LogP contribution in [-0.4, -0.2) is 48.6 Å². The monoisotopic (exact) mass is 279 g/mol. The van der Waals surface area contributed by atoms with E-state index in [0.717, 1.165) is 38.4 Å². The number of fused-ring (bicyclic) bond motifs is 1. The topological polar surface area (TPSA) is 44.4 Å². The minimum absolute atomic E-state index is 0.0885. The van der Waals surface area contributed by atoms with Crippen molar-refractivity contribution >= 4 is 5.91 Å². The second-order valence-corrected chi connectivity index (χ2v) is 7.15. The van der Waals surface area contributed by atoms with Crippen molar-refractivity contribution in [3.05, 3.63) is 0 Å². The molecule has 0 bridgehead atoms. The summed E-state index contributed by atoms with van der Waals surface area (Å²) in [5.41, 5.74) is 0. The van der Waals surface area contributed by atoms with Gasteiger partial charge in [-0.3, -0.25) is 4.79 Å². The van der Waals surface area contributed by atoms with E-state index in [1.54, 1.807) is 0 Å². The van der Waals surface area contributed by atoms with Crippen LogP contribution in [0.4, 0.5) is 0 Å². The van der Waals surface area contributed by atoms with Crippen molar-refractivity contribution in [1.82, 2.24) is 15.5 Å². The Morgan fingerprint density at radius 2 is 1.95 bits per heavy atom. The summed E-state index contributed by atoms with van der Waals surface area (Å²) in [5.74, 6) is 1.63. The lowest BCUT2D eigenvalue weighted by molar-refractivity contribution is -0.124. The second kappa shape index (κ2) is 6.02. The SMILES string of the molecule is CC(C)N1CCC(NC(=O)C2NCC3CCCC32)CC1. The van der Waals surface area contributed by atoms with E-state index in [0.29, 0.717) is 18.0 Å². The summed E-state index contributed by atoms with van der Waals surface area (Å²) in [6.07, 6.45) is 6.07. The van der Waals surface area contributed by atoms with E-state index in [1.165, 1.54) is 19.3 Å². The smallest absolute Gasteiger partial charge is 0.237 e. The first-order valence-electron chi connectivity index (χ1n) is 8.43. The lowest BCUT2D eigenvalue weighted by Crippen LogP contribution is -2.51. The first-order valence-corrected chi connectivity index (χ1v) is 8.43. The summed E-state index contributed by atoms with van der Waals surface area (Å²) >= 11 is 0. The first-order chi connectivity index (χ1) is 9.65.